The molecule has 2 aromatic rings. The number of ether oxygens (including phenoxy) is 5. The Labute approximate surface area is 333 Å². The Morgan fingerprint density at radius 2 is 1.05 bits per heavy atom. The summed E-state index contributed by atoms with van der Waals surface area (Å²) in [5.41, 5.74) is 2.11. The van der Waals surface area contributed by atoms with Gasteiger partial charge in [0.05, 0.1) is 63.3 Å². The zero-order chi connectivity index (χ0) is 41.8. The summed E-state index contributed by atoms with van der Waals surface area (Å²) in [7, 11) is -4.22. The molecule has 2 heterocycles. The Morgan fingerprint density at radius 1 is 0.679 bits per heavy atom. The predicted molar refractivity (Wildman–Crippen MR) is 212 cm³/mol. The first-order valence-electron chi connectivity index (χ1n) is 19.2. The molecule has 316 valence electrons. The number of carboxylic acids is 1. The molecule has 2 unspecified atom stereocenters. The minimum absolute atomic E-state index is 0.0836. The lowest BCUT2D eigenvalue weighted by molar-refractivity contribution is -0.156. The first-order chi connectivity index (χ1) is 26.2. The zero-order valence-corrected chi connectivity index (χ0v) is 36.1. The Morgan fingerprint density at radius 3 is 1.39 bits per heavy atom. The lowest BCUT2D eigenvalue weighted by Crippen LogP contribution is -2.46. The fourth-order valence-electron chi connectivity index (χ4n) is 7.17. The van der Waals surface area contributed by atoms with Gasteiger partial charge in [-0.25, -0.2) is 16.8 Å². The highest BCUT2D eigenvalue weighted by Gasteiger charge is 2.37. The molecule has 2 aliphatic rings. The molecule has 4 rings (SSSR count). The molecule has 0 saturated carbocycles. The summed E-state index contributed by atoms with van der Waals surface area (Å²) in [6.45, 7) is 14.2. The van der Waals surface area contributed by atoms with E-state index < -0.39 is 31.6 Å². The average Bonchev–Trinajstić information content (AvgIpc) is 3.10. The molecule has 0 spiro atoms. The summed E-state index contributed by atoms with van der Waals surface area (Å²) in [4.78, 5) is 23.1. The fourth-order valence-corrected chi connectivity index (χ4v) is 11.4. The van der Waals surface area contributed by atoms with Gasteiger partial charge in [0, 0.05) is 25.2 Å². The van der Waals surface area contributed by atoms with Gasteiger partial charge in [-0.2, -0.15) is 8.61 Å². The maximum Gasteiger partial charge on any atom is 0.308 e. The van der Waals surface area contributed by atoms with Gasteiger partial charge in [-0.1, -0.05) is 12.8 Å². The van der Waals surface area contributed by atoms with Crippen LogP contribution in [-0.4, -0.2) is 114 Å². The van der Waals surface area contributed by atoms with Crippen LogP contribution in [0.4, 0.5) is 0 Å². The second-order valence-corrected chi connectivity index (χ2v) is 19.0. The number of aliphatic carboxylic acids is 1. The molecule has 2 aromatic carbocycles. The van der Waals surface area contributed by atoms with Crippen LogP contribution < -0.4 is 9.47 Å². The second kappa shape index (κ2) is 20.9. The van der Waals surface area contributed by atoms with Crippen molar-refractivity contribution in [2.24, 2.45) is 0 Å². The molecule has 2 saturated heterocycles. The molecular weight excluding hydrogens is 765 g/mol. The molecule has 1 N–H and O–H groups in total. The van der Waals surface area contributed by atoms with Crippen molar-refractivity contribution in [1.82, 2.24) is 8.61 Å². The maximum absolute atomic E-state index is 13.5. The van der Waals surface area contributed by atoms with Crippen LogP contribution in [0.15, 0.2) is 34.1 Å². The molecule has 0 amide bonds. The summed E-state index contributed by atoms with van der Waals surface area (Å²) < 4.78 is 83.6. The highest BCUT2D eigenvalue weighted by atomic mass is 32.2. The molecule has 0 aliphatic carbocycles. The molecule has 14 nitrogen and oxygen atoms in total. The molecule has 16 heteroatoms. The van der Waals surface area contributed by atoms with E-state index in [9.17, 15) is 26.4 Å². The average molecular weight is 827 g/mol. The normalized spacial score (nSPS) is 18.4. The van der Waals surface area contributed by atoms with Crippen LogP contribution in [0, 0.1) is 27.7 Å². The lowest BCUT2D eigenvalue weighted by atomic mass is 10.1. The fraction of sp³-hybridized carbons (Fsp3) is 0.650. The van der Waals surface area contributed by atoms with Gasteiger partial charge in [-0.05, 0) is 121 Å². The van der Waals surface area contributed by atoms with Crippen LogP contribution in [-0.2, 0) is 43.8 Å². The van der Waals surface area contributed by atoms with Gasteiger partial charge in [-0.3, -0.25) is 9.59 Å². The number of methoxy groups -OCH3 is 2. The number of esters is 1. The second-order valence-electron chi connectivity index (χ2n) is 15.3. The largest absolute Gasteiger partial charge is 0.497 e. The van der Waals surface area contributed by atoms with E-state index in [0.717, 1.165) is 32.1 Å². The highest BCUT2D eigenvalue weighted by molar-refractivity contribution is 7.89. The summed E-state index contributed by atoms with van der Waals surface area (Å²) in [6, 6.07) is 6.42. The van der Waals surface area contributed by atoms with Gasteiger partial charge in [0.1, 0.15) is 17.1 Å². The van der Waals surface area contributed by atoms with Crippen molar-refractivity contribution < 1.29 is 55.2 Å². The van der Waals surface area contributed by atoms with Crippen LogP contribution in [0.5, 0.6) is 11.5 Å². The number of carbonyl (C=O) groups is 2. The van der Waals surface area contributed by atoms with Crippen LogP contribution >= 0.6 is 0 Å². The predicted octanol–water partition coefficient (Wildman–Crippen LogP) is 5.95. The zero-order valence-electron chi connectivity index (χ0n) is 34.5. The minimum Gasteiger partial charge on any atom is -0.497 e. The topological polar surface area (TPSA) is 175 Å². The van der Waals surface area contributed by atoms with E-state index in [-0.39, 0.29) is 57.3 Å². The summed E-state index contributed by atoms with van der Waals surface area (Å²) in [5.74, 6) is 0.0264. The Bertz CT molecular complexity index is 1810. The maximum atomic E-state index is 13.5. The van der Waals surface area contributed by atoms with E-state index in [1.54, 1.807) is 70.5 Å². The molecule has 0 aromatic heterocycles. The van der Waals surface area contributed by atoms with Crippen molar-refractivity contribution in [3.8, 4) is 11.5 Å². The lowest BCUT2D eigenvalue weighted by Gasteiger charge is -2.35. The van der Waals surface area contributed by atoms with Crippen molar-refractivity contribution in [1.29, 1.82) is 0 Å². The molecule has 2 fully saturated rings. The van der Waals surface area contributed by atoms with Crippen molar-refractivity contribution in [3.63, 3.8) is 0 Å². The summed E-state index contributed by atoms with van der Waals surface area (Å²) in [5, 5.41) is 8.69. The van der Waals surface area contributed by atoms with Crippen LogP contribution in [0.25, 0.3) is 0 Å². The van der Waals surface area contributed by atoms with E-state index in [4.69, 9.17) is 28.8 Å². The van der Waals surface area contributed by atoms with Crippen molar-refractivity contribution >= 4 is 32.0 Å². The van der Waals surface area contributed by atoms with E-state index in [1.807, 2.05) is 20.8 Å². The van der Waals surface area contributed by atoms with Crippen LogP contribution in [0.1, 0.15) is 94.4 Å². The number of piperidine rings is 2. The molecular formula is C40H62N2O12S2. The standard InChI is InChI=1S/C22H35NO6S.C18H27NO6S/c1-16-13-19(27-6)14-17(2)21(16)30(25,26)23-11-8-7-9-18(23)15-28-12-10-20(24)29-22(3,4)5;1-13-10-16(24-3)11-14(2)18(13)26(22,23)19-8-5-4-6-15(19)12-25-9-7-17(20)21/h13-14,18H,7-12,15H2,1-6H3;10-11,15H,4-9,12H2,1-3H3,(H,20,21). The van der Waals surface area contributed by atoms with E-state index in [1.165, 1.54) is 4.31 Å². The highest BCUT2D eigenvalue weighted by Crippen LogP contribution is 2.33. The SMILES string of the molecule is COc1cc(C)c(S(=O)(=O)N2CCCCC2COCCC(=O)O)c(C)c1.COc1cc(C)c(S(=O)(=O)N2CCCCC2COCCC(=O)OC(C)(C)C)c(C)c1. The first kappa shape index (κ1) is 47.1. The molecule has 0 radical (unpaired) electrons. The third kappa shape index (κ3) is 13.1. The number of carboxylic acid groups (broad SMARTS) is 1. The van der Waals surface area contributed by atoms with Gasteiger partial charge >= 0.3 is 11.9 Å². The smallest absolute Gasteiger partial charge is 0.308 e. The molecule has 56 heavy (non-hydrogen) atoms. The molecule has 2 aliphatic heterocycles. The van der Waals surface area contributed by atoms with Crippen molar-refractivity contribution in [2.45, 2.75) is 127 Å². The number of nitrogens with zero attached hydrogens (tertiary/aromatic N) is 2. The van der Waals surface area contributed by atoms with E-state index >= 15 is 0 Å². The van der Waals surface area contributed by atoms with Gasteiger partial charge in [0.25, 0.3) is 0 Å². The number of rotatable bonds is 16. The van der Waals surface area contributed by atoms with Crippen molar-refractivity contribution in [2.75, 3.05) is 53.7 Å². The Hall–Kier alpha value is -3.28. The van der Waals surface area contributed by atoms with Crippen LogP contribution in [0.3, 0.4) is 0 Å². The van der Waals surface area contributed by atoms with Crippen molar-refractivity contribution in [3.05, 3.63) is 46.5 Å². The number of sulfonamides is 2. The van der Waals surface area contributed by atoms with Gasteiger partial charge < -0.3 is 28.8 Å². The third-order valence-electron chi connectivity index (χ3n) is 9.57. The molecule has 0 bridgehead atoms. The van der Waals surface area contributed by atoms with Gasteiger partial charge in [0.15, 0.2) is 0 Å². The Balaban J connectivity index is 0.000000303. The molecule has 2 atom stereocenters. The number of hydrogen-bond acceptors (Lipinski definition) is 11. The third-order valence-corrected chi connectivity index (χ3v) is 14.1. The van der Waals surface area contributed by atoms with E-state index in [2.05, 4.69) is 0 Å². The van der Waals surface area contributed by atoms with E-state index in [0.29, 0.717) is 63.1 Å². The first-order valence-corrected chi connectivity index (χ1v) is 22.0. The number of carbonyl (C=O) groups excluding carboxylic acids is 1. The van der Waals surface area contributed by atoms with Gasteiger partial charge in [-0.15, -0.1) is 0 Å². The minimum atomic E-state index is -3.67. The Kier molecular flexibility index (Phi) is 17.6. The number of benzene rings is 2. The summed E-state index contributed by atoms with van der Waals surface area (Å²) in [6.07, 6.45) is 5.01. The summed E-state index contributed by atoms with van der Waals surface area (Å²) >= 11 is 0. The quantitative estimate of drug-likeness (QED) is 0.156. The number of aryl methyl sites for hydroxylation is 4. The van der Waals surface area contributed by atoms with Gasteiger partial charge in [0.2, 0.25) is 20.0 Å². The van der Waals surface area contributed by atoms with Crippen LogP contribution in [0.2, 0.25) is 0 Å². The monoisotopic (exact) mass is 826 g/mol. The number of hydrogen-bond donors (Lipinski definition) is 1.